The van der Waals surface area contributed by atoms with Crippen molar-refractivity contribution in [3.63, 3.8) is 0 Å². The van der Waals surface area contributed by atoms with E-state index in [1.807, 2.05) is 24.3 Å². The van der Waals surface area contributed by atoms with Crippen molar-refractivity contribution < 1.29 is 23.7 Å². The van der Waals surface area contributed by atoms with Gasteiger partial charge in [-0.3, -0.25) is 0 Å². The van der Waals surface area contributed by atoms with Crippen LogP contribution >= 0.6 is 0 Å². The van der Waals surface area contributed by atoms with Crippen LogP contribution in [0, 0.1) is 0 Å². The molecule has 2 aromatic carbocycles. The molecule has 28 heavy (non-hydrogen) atoms. The first-order valence-electron chi connectivity index (χ1n) is 9.89. The molecule has 0 aliphatic carbocycles. The van der Waals surface area contributed by atoms with Crippen molar-refractivity contribution in [3.05, 3.63) is 59.7 Å². The highest BCUT2D eigenvalue weighted by molar-refractivity contribution is 5.41. The molecular formula is C23H28O5. The summed E-state index contributed by atoms with van der Waals surface area (Å²) in [7, 11) is 0. The van der Waals surface area contributed by atoms with Crippen molar-refractivity contribution in [1.29, 1.82) is 0 Å². The van der Waals surface area contributed by atoms with Crippen molar-refractivity contribution in [3.8, 4) is 11.5 Å². The third-order valence-electron chi connectivity index (χ3n) is 5.19. The van der Waals surface area contributed by atoms with Crippen LogP contribution < -0.4 is 9.47 Å². The van der Waals surface area contributed by atoms with E-state index in [0.717, 1.165) is 24.7 Å². The van der Waals surface area contributed by atoms with E-state index >= 15 is 0 Å². The van der Waals surface area contributed by atoms with Gasteiger partial charge in [-0.2, -0.15) is 0 Å². The van der Waals surface area contributed by atoms with Gasteiger partial charge in [-0.1, -0.05) is 38.1 Å². The fourth-order valence-corrected chi connectivity index (χ4v) is 3.05. The van der Waals surface area contributed by atoms with E-state index in [-0.39, 0.29) is 11.5 Å². The molecule has 2 unspecified atom stereocenters. The number of ether oxygens (including phenoxy) is 5. The fraction of sp³-hybridized carbons (Fsp3) is 0.478. The molecule has 0 spiro atoms. The summed E-state index contributed by atoms with van der Waals surface area (Å²) < 4.78 is 27.3. The van der Waals surface area contributed by atoms with Crippen LogP contribution in [-0.4, -0.2) is 51.8 Å². The standard InChI is InChI=1S/C23H28O5/c1-23(2,18-5-9-20(10-6-18)26-15-22-16-28-22)17-3-7-19(8-4-17)25-12-11-24-13-21-14-27-21/h3-10,21-22H,11-16H2,1-2H3. The Kier molecular flexibility index (Phi) is 5.85. The Labute approximate surface area is 166 Å². The Hall–Kier alpha value is -2.08. The average Bonchev–Trinajstić information content (AvgIpc) is 3.62. The van der Waals surface area contributed by atoms with Crippen LogP contribution in [0.5, 0.6) is 11.5 Å². The van der Waals surface area contributed by atoms with Gasteiger partial charge in [-0.25, -0.2) is 0 Å². The molecule has 5 nitrogen and oxygen atoms in total. The molecule has 5 heteroatoms. The molecule has 2 atom stereocenters. The molecule has 0 saturated carbocycles. The van der Waals surface area contributed by atoms with Crippen LogP contribution in [0.2, 0.25) is 0 Å². The molecule has 0 bridgehead atoms. The van der Waals surface area contributed by atoms with Crippen molar-refractivity contribution >= 4 is 0 Å². The zero-order valence-corrected chi connectivity index (χ0v) is 16.6. The first-order valence-corrected chi connectivity index (χ1v) is 9.89. The van der Waals surface area contributed by atoms with E-state index in [9.17, 15) is 0 Å². The number of epoxide rings is 2. The molecule has 0 N–H and O–H groups in total. The van der Waals surface area contributed by atoms with Crippen molar-refractivity contribution in [2.24, 2.45) is 0 Å². The fourth-order valence-electron chi connectivity index (χ4n) is 3.05. The lowest BCUT2D eigenvalue weighted by atomic mass is 9.78. The van der Waals surface area contributed by atoms with Crippen LogP contribution in [0.15, 0.2) is 48.5 Å². The third-order valence-corrected chi connectivity index (χ3v) is 5.19. The van der Waals surface area contributed by atoms with E-state index in [4.69, 9.17) is 23.7 Å². The second-order valence-corrected chi connectivity index (χ2v) is 7.82. The predicted molar refractivity (Wildman–Crippen MR) is 106 cm³/mol. The van der Waals surface area contributed by atoms with Gasteiger partial charge in [0.15, 0.2) is 0 Å². The van der Waals surface area contributed by atoms with Gasteiger partial charge in [-0.15, -0.1) is 0 Å². The van der Waals surface area contributed by atoms with E-state index in [1.54, 1.807) is 0 Å². The molecule has 2 fully saturated rings. The molecule has 0 aromatic heterocycles. The normalized spacial score (nSPS) is 20.6. The minimum atomic E-state index is -0.107. The van der Waals surface area contributed by atoms with E-state index < -0.39 is 0 Å². The Bertz CT molecular complexity index is 746. The highest BCUT2D eigenvalue weighted by atomic mass is 16.6. The van der Waals surface area contributed by atoms with E-state index in [0.29, 0.717) is 32.5 Å². The summed E-state index contributed by atoms with van der Waals surface area (Å²) >= 11 is 0. The van der Waals surface area contributed by atoms with Gasteiger partial charge >= 0.3 is 0 Å². The van der Waals surface area contributed by atoms with E-state index in [2.05, 4.69) is 38.1 Å². The number of hydrogen-bond donors (Lipinski definition) is 0. The van der Waals surface area contributed by atoms with Crippen molar-refractivity contribution in [2.75, 3.05) is 39.6 Å². The van der Waals surface area contributed by atoms with Gasteiger partial charge in [0.1, 0.15) is 36.9 Å². The number of hydrogen-bond acceptors (Lipinski definition) is 5. The maximum absolute atomic E-state index is 5.76. The Morgan fingerprint density at radius 1 is 0.750 bits per heavy atom. The lowest BCUT2D eigenvalue weighted by molar-refractivity contribution is 0.0878. The van der Waals surface area contributed by atoms with Crippen LogP contribution in [0.3, 0.4) is 0 Å². The lowest BCUT2D eigenvalue weighted by Crippen LogP contribution is -2.18. The maximum Gasteiger partial charge on any atom is 0.119 e. The monoisotopic (exact) mass is 384 g/mol. The first kappa shape index (κ1) is 19.2. The summed E-state index contributed by atoms with van der Waals surface area (Å²) in [5, 5.41) is 0. The SMILES string of the molecule is CC(C)(c1ccc(OCCOCC2CO2)cc1)c1ccc(OCC2CO2)cc1. The average molecular weight is 384 g/mol. The Balaban J connectivity index is 1.29. The van der Waals surface area contributed by atoms with Crippen LogP contribution in [0.1, 0.15) is 25.0 Å². The summed E-state index contributed by atoms with van der Waals surface area (Å²) in [6.45, 7) is 8.50. The van der Waals surface area contributed by atoms with Gasteiger partial charge < -0.3 is 23.7 Å². The molecule has 2 aliphatic heterocycles. The van der Waals surface area contributed by atoms with Gasteiger partial charge in [0, 0.05) is 5.41 Å². The number of rotatable bonds is 11. The summed E-state index contributed by atoms with van der Waals surface area (Å²) in [6.07, 6.45) is 0.574. The summed E-state index contributed by atoms with van der Waals surface area (Å²) in [5.74, 6) is 1.74. The van der Waals surface area contributed by atoms with Gasteiger partial charge in [0.2, 0.25) is 0 Å². The van der Waals surface area contributed by atoms with Crippen LogP contribution in [0.4, 0.5) is 0 Å². The molecule has 2 saturated heterocycles. The number of benzene rings is 2. The molecule has 2 aromatic rings. The summed E-state index contributed by atoms with van der Waals surface area (Å²) in [6, 6.07) is 16.6. The quantitative estimate of drug-likeness (QED) is 0.438. The molecule has 150 valence electrons. The van der Waals surface area contributed by atoms with Gasteiger partial charge in [0.25, 0.3) is 0 Å². The molecule has 2 heterocycles. The molecular weight excluding hydrogens is 356 g/mol. The zero-order chi connectivity index (χ0) is 19.4. The molecule has 2 aliphatic rings. The highest BCUT2D eigenvalue weighted by Gasteiger charge is 2.25. The first-order chi connectivity index (χ1) is 13.6. The minimum absolute atomic E-state index is 0.107. The van der Waals surface area contributed by atoms with E-state index in [1.165, 1.54) is 11.1 Å². The molecule has 0 radical (unpaired) electrons. The second kappa shape index (κ2) is 8.52. The van der Waals surface area contributed by atoms with Gasteiger partial charge in [0.05, 0.1) is 26.4 Å². The molecule has 0 amide bonds. The largest absolute Gasteiger partial charge is 0.491 e. The summed E-state index contributed by atoms with van der Waals surface area (Å²) in [5.41, 5.74) is 2.37. The minimum Gasteiger partial charge on any atom is -0.491 e. The Morgan fingerprint density at radius 3 is 1.79 bits per heavy atom. The van der Waals surface area contributed by atoms with Crippen LogP contribution in [-0.2, 0) is 19.6 Å². The third kappa shape index (κ3) is 5.25. The van der Waals surface area contributed by atoms with Crippen molar-refractivity contribution in [2.45, 2.75) is 31.5 Å². The zero-order valence-electron chi connectivity index (χ0n) is 16.6. The Morgan fingerprint density at radius 2 is 1.25 bits per heavy atom. The predicted octanol–water partition coefficient (Wildman–Crippen LogP) is 3.58. The van der Waals surface area contributed by atoms with Crippen molar-refractivity contribution in [1.82, 2.24) is 0 Å². The molecule has 4 rings (SSSR count). The smallest absolute Gasteiger partial charge is 0.119 e. The van der Waals surface area contributed by atoms with Gasteiger partial charge in [-0.05, 0) is 35.4 Å². The topological polar surface area (TPSA) is 52.8 Å². The second-order valence-electron chi connectivity index (χ2n) is 7.82. The lowest BCUT2D eigenvalue weighted by Gasteiger charge is -2.26. The van der Waals surface area contributed by atoms with Crippen LogP contribution in [0.25, 0.3) is 0 Å². The highest BCUT2D eigenvalue weighted by Crippen LogP contribution is 2.33. The maximum atomic E-state index is 5.76. The summed E-state index contributed by atoms with van der Waals surface area (Å²) in [4.78, 5) is 0.